The van der Waals surface area contributed by atoms with E-state index in [1.807, 2.05) is 20.8 Å². The number of ether oxygens (including phenoxy) is 9. The van der Waals surface area contributed by atoms with Crippen LogP contribution in [0.2, 0.25) is 0 Å². The third-order valence-corrected chi connectivity index (χ3v) is 7.76. The Hall–Kier alpha value is -0.560. The van der Waals surface area contributed by atoms with Gasteiger partial charge in [0.05, 0.1) is 102 Å². The maximum absolute atomic E-state index is 9.13. The van der Waals surface area contributed by atoms with Crippen LogP contribution in [-0.2, 0) is 42.6 Å². The van der Waals surface area contributed by atoms with E-state index >= 15 is 0 Å². The summed E-state index contributed by atoms with van der Waals surface area (Å²) in [6, 6.07) is 0. The Morgan fingerprint density at radius 1 is 0.281 bits per heavy atom. The van der Waals surface area contributed by atoms with Gasteiger partial charge in [-0.25, -0.2) is 0 Å². The molecule has 0 rings (SSSR count). The van der Waals surface area contributed by atoms with Crippen LogP contribution < -0.4 is 0 Å². The minimum absolute atomic E-state index is 0.0269. The van der Waals surface area contributed by atoms with E-state index in [-0.39, 0.29) is 42.7 Å². The van der Waals surface area contributed by atoms with Gasteiger partial charge in [0.2, 0.25) is 0 Å². The van der Waals surface area contributed by atoms with E-state index in [1.54, 1.807) is 41.7 Å². The van der Waals surface area contributed by atoms with E-state index in [0.717, 1.165) is 117 Å². The molecule has 0 bridgehead atoms. The average molecular weight is 833 g/mol. The average Bonchev–Trinajstić information content (AvgIpc) is 3.15. The summed E-state index contributed by atoms with van der Waals surface area (Å²) in [6.07, 6.45) is 11.4. The summed E-state index contributed by atoms with van der Waals surface area (Å²) in [6.45, 7) is 22.9. The first-order valence-corrected chi connectivity index (χ1v) is 21.8. The first kappa shape index (κ1) is 60.7. The second kappa shape index (κ2) is 48.1. The van der Waals surface area contributed by atoms with Crippen molar-refractivity contribution in [1.82, 2.24) is 0 Å². The van der Waals surface area contributed by atoms with Gasteiger partial charge in [-0.3, -0.25) is 0 Å². The first-order valence-electron chi connectivity index (χ1n) is 21.8. The number of unbranched alkanes of at least 4 members (excludes halogenated alkanes) is 9. The third kappa shape index (κ3) is 62.2. The van der Waals surface area contributed by atoms with Gasteiger partial charge in [-0.2, -0.15) is 0 Å². The summed E-state index contributed by atoms with van der Waals surface area (Å²) < 4.78 is 48.4. The van der Waals surface area contributed by atoms with E-state index in [4.69, 9.17) is 68.2 Å². The lowest BCUT2D eigenvalue weighted by atomic mass is 10.2. The van der Waals surface area contributed by atoms with Gasteiger partial charge in [-0.15, -0.1) is 0 Å². The maximum atomic E-state index is 9.13. The van der Waals surface area contributed by atoms with Gasteiger partial charge in [0.15, 0.2) is 0 Å². The smallest absolute Gasteiger partial charge is 0.0781 e. The van der Waals surface area contributed by atoms with E-state index in [1.165, 1.54) is 0 Å². The fraction of sp³-hybridized carbons (Fsp3) is 1.00. The molecule has 0 amide bonds. The molecule has 0 fully saturated rings. The standard InChI is InChI=1S/C19H40O6.2C12H26O4/c1-16(20)12-24-18(3)13-22-10-8-6-7-9-11-23-14-19(4)25-15-17(2)21-5;2*1-11(13)9-15-7-5-3-4-6-8-16-10-12(2)14/h16-20H,6-15H2,1-5H3;2*11-14H,3-10H2,1-2H3/t16-,17-,18+,19+;2*11-,12-/m110/s1. The fourth-order valence-corrected chi connectivity index (χ4v) is 4.57. The summed E-state index contributed by atoms with van der Waals surface area (Å²) in [4.78, 5) is 0. The number of aliphatic hydroxyl groups is 5. The van der Waals surface area contributed by atoms with Crippen molar-refractivity contribution in [3.05, 3.63) is 0 Å². The van der Waals surface area contributed by atoms with Gasteiger partial charge in [0.25, 0.3) is 0 Å². The summed E-state index contributed by atoms with van der Waals surface area (Å²) in [5, 5.41) is 44.9. The minimum Gasteiger partial charge on any atom is -0.391 e. The van der Waals surface area contributed by atoms with Crippen LogP contribution in [0, 0.1) is 0 Å². The minimum atomic E-state index is -0.423. The molecule has 0 spiro atoms. The molecule has 0 heterocycles. The van der Waals surface area contributed by atoms with Crippen LogP contribution in [0.4, 0.5) is 0 Å². The van der Waals surface area contributed by atoms with Crippen molar-refractivity contribution < 1.29 is 68.2 Å². The van der Waals surface area contributed by atoms with E-state index < -0.39 is 6.10 Å². The van der Waals surface area contributed by atoms with Crippen LogP contribution in [0.1, 0.15) is 132 Å². The second-order valence-electron chi connectivity index (χ2n) is 15.3. The molecule has 0 radical (unpaired) electrons. The summed E-state index contributed by atoms with van der Waals surface area (Å²) >= 11 is 0. The van der Waals surface area contributed by atoms with Gasteiger partial charge in [0.1, 0.15) is 0 Å². The van der Waals surface area contributed by atoms with Crippen molar-refractivity contribution in [2.75, 3.05) is 99.6 Å². The molecule has 0 aliphatic carbocycles. The monoisotopic (exact) mass is 833 g/mol. The molecular weight excluding hydrogens is 740 g/mol. The van der Waals surface area contributed by atoms with E-state index in [9.17, 15) is 0 Å². The zero-order chi connectivity index (χ0) is 43.4. The molecule has 348 valence electrons. The number of hydrogen-bond donors (Lipinski definition) is 5. The number of hydrogen-bond acceptors (Lipinski definition) is 14. The molecule has 0 saturated heterocycles. The lowest BCUT2D eigenvalue weighted by Gasteiger charge is -2.16. The van der Waals surface area contributed by atoms with Gasteiger partial charge >= 0.3 is 0 Å². The first-order chi connectivity index (χ1) is 27.2. The van der Waals surface area contributed by atoms with Gasteiger partial charge in [0, 0.05) is 46.8 Å². The molecule has 57 heavy (non-hydrogen) atoms. The predicted octanol–water partition coefficient (Wildman–Crippen LogP) is 5.49. The lowest BCUT2D eigenvalue weighted by Crippen LogP contribution is -2.22. The van der Waals surface area contributed by atoms with Gasteiger partial charge in [-0.05, 0) is 93.9 Å². The molecule has 14 heteroatoms. The van der Waals surface area contributed by atoms with Gasteiger partial charge < -0.3 is 68.2 Å². The van der Waals surface area contributed by atoms with Crippen molar-refractivity contribution in [3.63, 3.8) is 0 Å². The van der Waals surface area contributed by atoms with Crippen molar-refractivity contribution in [2.45, 2.75) is 181 Å². The largest absolute Gasteiger partial charge is 0.391 e. The lowest BCUT2D eigenvalue weighted by molar-refractivity contribution is -0.0468. The Balaban J connectivity index is -0.000000800. The van der Waals surface area contributed by atoms with Crippen LogP contribution in [-0.4, -0.2) is 174 Å². The molecule has 5 N–H and O–H groups in total. The SMILES string of the molecule is CO[C@H](C)CO[C@@H](C)COCCCCCCOC[C@H](C)OC[C@@H](C)O.C[C@@H](O)COCCCCCCOC[C@@H](C)O.C[C@H](O)COCCCCCCOC[C@H](C)O. The van der Waals surface area contributed by atoms with Crippen LogP contribution in [0.15, 0.2) is 0 Å². The van der Waals surface area contributed by atoms with E-state index in [2.05, 4.69) is 0 Å². The number of rotatable bonds is 40. The predicted molar refractivity (Wildman–Crippen MR) is 226 cm³/mol. The zero-order valence-electron chi connectivity index (χ0n) is 37.9. The van der Waals surface area contributed by atoms with Crippen LogP contribution in [0.3, 0.4) is 0 Å². The Labute approximate surface area is 348 Å². The molecule has 0 aliphatic rings. The second-order valence-corrected chi connectivity index (χ2v) is 15.3. The topological polar surface area (TPSA) is 184 Å². The molecule has 0 aromatic rings. The molecule has 0 aromatic heterocycles. The van der Waals surface area contributed by atoms with Crippen molar-refractivity contribution in [2.24, 2.45) is 0 Å². The van der Waals surface area contributed by atoms with Crippen LogP contribution >= 0.6 is 0 Å². The summed E-state index contributed by atoms with van der Waals surface area (Å²) in [7, 11) is 1.69. The molecule has 0 aliphatic heterocycles. The quantitative estimate of drug-likeness (QED) is 0.0489. The number of aliphatic hydroxyl groups excluding tert-OH is 5. The Morgan fingerprint density at radius 2 is 0.509 bits per heavy atom. The van der Waals surface area contributed by atoms with Crippen LogP contribution in [0.5, 0.6) is 0 Å². The normalized spacial score (nSPS) is 15.7. The third-order valence-electron chi connectivity index (χ3n) is 7.76. The highest BCUT2D eigenvalue weighted by molar-refractivity contribution is 4.54. The Morgan fingerprint density at radius 3 is 0.737 bits per heavy atom. The number of methoxy groups -OCH3 is 1. The summed E-state index contributed by atoms with van der Waals surface area (Å²) in [5.74, 6) is 0. The summed E-state index contributed by atoms with van der Waals surface area (Å²) in [5.41, 5.74) is 0. The van der Waals surface area contributed by atoms with E-state index in [0.29, 0.717) is 52.9 Å². The molecule has 14 nitrogen and oxygen atoms in total. The molecular formula is C43H92O14. The molecule has 0 unspecified atom stereocenters. The highest BCUT2D eigenvalue weighted by Gasteiger charge is 2.07. The molecule has 0 aromatic carbocycles. The maximum Gasteiger partial charge on any atom is 0.0781 e. The van der Waals surface area contributed by atoms with Crippen molar-refractivity contribution in [1.29, 1.82) is 0 Å². The van der Waals surface area contributed by atoms with Gasteiger partial charge in [-0.1, -0.05) is 38.5 Å². The molecule has 0 saturated carbocycles. The highest BCUT2D eigenvalue weighted by atomic mass is 16.6. The Bertz CT molecular complexity index is 666. The fourth-order valence-electron chi connectivity index (χ4n) is 4.57. The van der Waals surface area contributed by atoms with Crippen LogP contribution in [0.25, 0.3) is 0 Å². The highest BCUT2D eigenvalue weighted by Crippen LogP contribution is 2.05. The zero-order valence-corrected chi connectivity index (χ0v) is 37.9. The van der Waals surface area contributed by atoms with Crippen molar-refractivity contribution in [3.8, 4) is 0 Å². The van der Waals surface area contributed by atoms with Crippen molar-refractivity contribution >= 4 is 0 Å². The molecule has 8 atom stereocenters. The Kier molecular flexibility index (Phi) is 51.3.